The Morgan fingerprint density at radius 3 is 2.59 bits per heavy atom. The molecule has 0 unspecified atom stereocenters. The average Bonchev–Trinajstić information content (AvgIpc) is 3.20. The first-order chi connectivity index (χ1) is 13.2. The Bertz CT molecular complexity index is 933. The van der Waals surface area contributed by atoms with Gasteiger partial charge in [-0.15, -0.1) is 0 Å². The van der Waals surface area contributed by atoms with Crippen LogP contribution in [-0.2, 0) is 4.74 Å². The largest absolute Gasteiger partial charge is 0.478 e. The highest BCUT2D eigenvalue weighted by Crippen LogP contribution is 2.22. The summed E-state index contributed by atoms with van der Waals surface area (Å²) >= 11 is 0. The number of anilines is 3. The molecule has 8 heteroatoms. The molecular weight excluding hydrogens is 346 g/mol. The maximum Gasteiger partial charge on any atom is 0.338 e. The van der Waals surface area contributed by atoms with Gasteiger partial charge in [0, 0.05) is 42.9 Å². The molecule has 0 amide bonds. The molecule has 1 aliphatic rings. The molecule has 0 aliphatic carbocycles. The van der Waals surface area contributed by atoms with Crippen LogP contribution in [0, 0.1) is 0 Å². The van der Waals surface area contributed by atoms with Gasteiger partial charge >= 0.3 is 5.97 Å². The van der Waals surface area contributed by atoms with E-state index in [0.717, 1.165) is 37.7 Å². The van der Waals surface area contributed by atoms with Crippen molar-refractivity contribution in [2.24, 2.45) is 0 Å². The number of nitrogens with one attached hydrogen (secondary N) is 1. The zero-order chi connectivity index (χ0) is 18.6. The highest BCUT2D eigenvalue weighted by Gasteiger charge is 2.11. The Hall–Kier alpha value is -3.39. The van der Waals surface area contributed by atoms with Crippen molar-refractivity contribution < 1.29 is 14.6 Å². The molecule has 3 aromatic rings. The Kier molecular flexibility index (Phi) is 4.71. The van der Waals surface area contributed by atoms with Crippen LogP contribution >= 0.6 is 0 Å². The number of pyridine rings is 1. The zero-order valence-corrected chi connectivity index (χ0v) is 14.6. The number of carbonyl (C=O) groups is 1. The lowest BCUT2D eigenvalue weighted by atomic mass is 10.2. The minimum Gasteiger partial charge on any atom is -0.478 e. The maximum atomic E-state index is 11.0. The lowest BCUT2D eigenvalue weighted by Gasteiger charge is -2.28. The second-order valence-corrected chi connectivity index (χ2v) is 6.15. The fourth-order valence-corrected chi connectivity index (χ4v) is 2.93. The van der Waals surface area contributed by atoms with Crippen LogP contribution in [0.25, 0.3) is 5.69 Å². The molecule has 2 aromatic heterocycles. The second-order valence-electron chi connectivity index (χ2n) is 6.15. The van der Waals surface area contributed by atoms with E-state index in [2.05, 4.69) is 32.4 Å². The third-order valence-electron chi connectivity index (χ3n) is 4.35. The van der Waals surface area contributed by atoms with Gasteiger partial charge in [-0.3, -0.25) is 0 Å². The molecule has 1 saturated heterocycles. The molecule has 1 aliphatic heterocycles. The van der Waals surface area contributed by atoms with Crippen molar-refractivity contribution in [1.29, 1.82) is 0 Å². The van der Waals surface area contributed by atoms with Gasteiger partial charge < -0.3 is 20.1 Å². The molecule has 27 heavy (non-hydrogen) atoms. The summed E-state index contributed by atoms with van der Waals surface area (Å²) in [6.07, 6.45) is 4.45. The summed E-state index contributed by atoms with van der Waals surface area (Å²) in [7, 11) is 0. The number of benzene rings is 1. The van der Waals surface area contributed by atoms with E-state index in [1.807, 2.05) is 18.2 Å². The highest BCUT2D eigenvalue weighted by molar-refractivity contribution is 5.87. The van der Waals surface area contributed by atoms with E-state index >= 15 is 0 Å². The zero-order valence-electron chi connectivity index (χ0n) is 14.6. The molecule has 2 N–H and O–H groups in total. The van der Waals surface area contributed by atoms with Gasteiger partial charge in [0.2, 0.25) is 0 Å². The Labute approximate surface area is 156 Å². The fourth-order valence-electron chi connectivity index (χ4n) is 2.93. The normalized spacial score (nSPS) is 14.1. The molecule has 3 heterocycles. The summed E-state index contributed by atoms with van der Waals surface area (Å²) in [5.41, 5.74) is 2.96. The van der Waals surface area contributed by atoms with Crippen molar-refractivity contribution >= 4 is 23.2 Å². The van der Waals surface area contributed by atoms with E-state index in [0.29, 0.717) is 5.82 Å². The van der Waals surface area contributed by atoms with E-state index in [1.54, 1.807) is 12.3 Å². The fraction of sp³-hybridized carbons (Fsp3) is 0.211. The van der Waals surface area contributed by atoms with E-state index in [9.17, 15) is 4.79 Å². The molecule has 138 valence electrons. The predicted molar refractivity (Wildman–Crippen MR) is 101 cm³/mol. The van der Waals surface area contributed by atoms with E-state index in [-0.39, 0.29) is 5.56 Å². The van der Waals surface area contributed by atoms with Gasteiger partial charge in [0.05, 0.1) is 30.7 Å². The Balaban J connectivity index is 1.48. The average molecular weight is 365 g/mol. The van der Waals surface area contributed by atoms with Crippen molar-refractivity contribution in [3.8, 4) is 5.69 Å². The number of aromatic nitrogens is 3. The Morgan fingerprint density at radius 2 is 1.89 bits per heavy atom. The number of ether oxygens (including phenoxy) is 1. The molecule has 8 nitrogen and oxygen atoms in total. The van der Waals surface area contributed by atoms with E-state index < -0.39 is 5.97 Å². The van der Waals surface area contributed by atoms with Gasteiger partial charge in [-0.2, -0.15) is 5.10 Å². The van der Waals surface area contributed by atoms with Gasteiger partial charge in [-0.05, 0) is 30.3 Å². The van der Waals surface area contributed by atoms with E-state index in [1.165, 1.54) is 22.8 Å². The van der Waals surface area contributed by atoms with Gasteiger partial charge in [0.25, 0.3) is 0 Å². The van der Waals surface area contributed by atoms with Crippen LogP contribution in [0.3, 0.4) is 0 Å². The molecule has 0 spiro atoms. The first-order valence-electron chi connectivity index (χ1n) is 8.63. The molecule has 1 fully saturated rings. The molecular formula is C19H19N5O3. The topological polar surface area (TPSA) is 92.5 Å². The summed E-state index contributed by atoms with van der Waals surface area (Å²) in [4.78, 5) is 17.6. The highest BCUT2D eigenvalue weighted by atomic mass is 16.5. The number of morpholine rings is 1. The van der Waals surface area contributed by atoms with Crippen LogP contribution in [-0.4, -0.2) is 52.1 Å². The first kappa shape index (κ1) is 17.0. The quantitative estimate of drug-likeness (QED) is 0.718. The van der Waals surface area contributed by atoms with Crippen LogP contribution in [0.15, 0.2) is 55.0 Å². The Morgan fingerprint density at radius 1 is 1.11 bits per heavy atom. The monoisotopic (exact) mass is 365 g/mol. The summed E-state index contributed by atoms with van der Waals surface area (Å²) in [5, 5.41) is 16.4. The molecule has 0 atom stereocenters. The molecule has 0 saturated carbocycles. The summed E-state index contributed by atoms with van der Waals surface area (Å²) in [5.74, 6) is -0.354. The minimum absolute atomic E-state index is 0.139. The van der Waals surface area contributed by atoms with Crippen molar-refractivity contribution in [1.82, 2.24) is 14.8 Å². The van der Waals surface area contributed by atoms with Gasteiger partial charge in [-0.1, -0.05) is 0 Å². The van der Waals surface area contributed by atoms with Crippen LogP contribution in [0.1, 0.15) is 10.4 Å². The van der Waals surface area contributed by atoms with Crippen LogP contribution in [0.4, 0.5) is 17.2 Å². The van der Waals surface area contributed by atoms with Crippen LogP contribution < -0.4 is 10.2 Å². The predicted octanol–water partition coefficient (Wildman–Crippen LogP) is 2.55. The summed E-state index contributed by atoms with van der Waals surface area (Å²) < 4.78 is 6.90. The minimum atomic E-state index is -1.01. The van der Waals surface area contributed by atoms with Crippen molar-refractivity contribution in [2.45, 2.75) is 0 Å². The van der Waals surface area contributed by atoms with Gasteiger partial charge in [0.1, 0.15) is 5.82 Å². The number of carboxylic acids is 1. The number of carboxylic acid groups (broad SMARTS) is 1. The number of nitrogens with zero attached hydrogens (tertiary/aromatic N) is 4. The van der Waals surface area contributed by atoms with Crippen LogP contribution in [0.5, 0.6) is 0 Å². The number of aromatic carboxylic acids is 1. The smallest absolute Gasteiger partial charge is 0.338 e. The number of hydrogen-bond acceptors (Lipinski definition) is 6. The van der Waals surface area contributed by atoms with E-state index in [4.69, 9.17) is 9.84 Å². The first-order valence-corrected chi connectivity index (χ1v) is 8.63. The maximum absolute atomic E-state index is 11.0. The van der Waals surface area contributed by atoms with Crippen molar-refractivity contribution in [3.63, 3.8) is 0 Å². The van der Waals surface area contributed by atoms with Crippen molar-refractivity contribution in [3.05, 3.63) is 60.6 Å². The summed E-state index contributed by atoms with van der Waals surface area (Å²) in [6.45, 7) is 3.32. The standard InChI is InChI=1S/C19H19N5O3/c25-19(26)14-12-21-24(13-14)17-5-6-20-18(11-17)22-15-1-3-16(4-2-15)23-7-9-27-10-8-23/h1-6,11-13H,7-10H2,(H,20,22)(H,25,26). The van der Waals surface area contributed by atoms with Crippen LogP contribution in [0.2, 0.25) is 0 Å². The lowest BCUT2D eigenvalue weighted by Crippen LogP contribution is -2.36. The molecule has 0 radical (unpaired) electrons. The lowest BCUT2D eigenvalue weighted by molar-refractivity contribution is 0.0697. The third-order valence-corrected chi connectivity index (χ3v) is 4.35. The number of hydrogen-bond donors (Lipinski definition) is 2. The van der Waals surface area contributed by atoms with Gasteiger partial charge in [0.15, 0.2) is 0 Å². The molecule has 4 rings (SSSR count). The molecule has 1 aromatic carbocycles. The SMILES string of the molecule is O=C(O)c1cnn(-c2ccnc(Nc3ccc(N4CCOCC4)cc3)c2)c1. The second kappa shape index (κ2) is 7.46. The van der Waals surface area contributed by atoms with Gasteiger partial charge in [-0.25, -0.2) is 14.5 Å². The number of rotatable bonds is 5. The van der Waals surface area contributed by atoms with Crippen molar-refractivity contribution in [2.75, 3.05) is 36.5 Å². The summed E-state index contributed by atoms with van der Waals surface area (Å²) in [6, 6.07) is 11.7. The third kappa shape index (κ3) is 3.90. The molecule has 0 bridgehead atoms.